The van der Waals surface area contributed by atoms with E-state index in [0.29, 0.717) is 5.56 Å². The van der Waals surface area contributed by atoms with Crippen molar-refractivity contribution in [3.63, 3.8) is 0 Å². The smallest absolute Gasteiger partial charge is 0.336 e. The van der Waals surface area contributed by atoms with Crippen molar-refractivity contribution in [1.29, 1.82) is 0 Å². The topological polar surface area (TPSA) is 66.4 Å². The molecule has 1 aliphatic heterocycles. The molecule has 0 amide bonds. The van der Waals surface area contributed by atoms with Crippen LogP contribution in [0.25, 0.3) is 5.57 Å². The summed E-state index contributed by atoms with van der Waals surface area (Å²) in [5, 5.41) is 12.4. The Bertz CT molecular complexity index is 554. The highest BCUT2D eigenvalue weighted by molar-refractivity contribution is 6.28. The number of benzene rings is 1. The fraction of sp³-hybridized carbons (Fsp3) is 0.250. The van der Waals surface area contributed by atoms with Gasteiger partial charge in [0.15, 0.2) is 5.78 Å². The van der Waals surface area contributed by atoms with Crippen molar-refractivity contribution < 1.29 is 14.7 Å². The first-order chi connectivity index (χ1) is 9.65. The molecule has 1 saturated heterocycles. The lowest BCUT2D eigenvalue weighted by Gasteiger charge is -2.14. The number of hydrogen-bond acceptors (Lipinski definition) is 3. The Morgan fingerprint density at radius 2 is 2.00 bits per heavy atom. The summed E-state index contributed by atoms with van der Waals surface area (Å²) in [6.45, 7) is 4.31. The maximum absolute atomic E-state index is 12.6. The van der Waals surface area contributed by atoms with Gasteiger partial charge in [0.25, 0.3) is 0 Å². The first-order valence-corrected chi connectivity index (χ1v) is 6.58. The van der Waals surface area contributed by atoms with Gasteiger partial charge < -0.3 is 10.4 Å². The fourth-order valence-electron chi connectivity index (χ4n) is 2.41. The van der Waals surface area contributed by atoms with Crippen LogP contribution in [0.1, 0.15) is 18.4 Å². The second-order valence-corrected chi connectivity index (χ2v) is 4.68. The molecule has 0 aromatic heterocycles. The Morgan fingerprint density at radius 1 is 1.30 bits per heavy atom. The van der Waals surface area contributed by atoms with Gasteiger partial charge in [0.2, 0.25) is 0 Å². The Labute approximate surface area is 117 Å². The summed E-state index contributed by atoms with van der Waals surface area (Å²) < 4.78 is 0. The van der Waals surface area contributed by atoms with E-state index in [4.69, 9.17) is 0 Å². The first kappa shape index (κ1) is 14.2. The molecule has 0 radical (unpaired) electrons. The Hall–Kier alpha value is -2.20. The predicted octanol–water partition coefficient (Wildman–Crippen LogP) is 2.03. The van der Waals surface area contributed by atoms with Gasteiger partial charge in [-0.05, 0) is 24.9 Å². The number of rotatable bonds is 5. The van der Waals surface area contributed by atoms with Crippen LogP contribution in [-0.4, -0.2) is 29.4 Å². The number of carboxylic acid groups (broad SMARTS) is 1. The largest absolute Gasteiger partial charge is 0.478 e. The number of nitrogens with one attached hydrogen (secondary N) is 1. The van der Waals surface area contributed by atoms with Crippen LogP contribution in [0.15, 0.2) is 48.6 Å². The van der Waals surface area contributed by atoms with E-state index in [1.54, 1.807) is 24.3 Å². The van der Waals surface area contributed by atoms with Crippen LogP contribution in [0.2, 0.25) is 0 Å². The third kappa shape index (κ3) is 2.86. The number of ketones is 1. The molecular weight excluding hydrogens is 254 g/mol. The molecule has 104 valence electrons. The minimum absolute atomic E-state index is 0.0464. The van der Waals surface area contributed by atoms with E-state index >= 15 is 0 Å². The van der Waals surface area contributed by atoms with Gasteiger partial charge in [-0.2, -0.15) is 0 Å². The fourth-order valence-corrected chi connectivity index (χ4v) is 2.41. The SMILES string of the molecule is C=CC(C(=O)O)=C(C(=O)[C@@H]1CCCN1)c1ccccc1. The molecule has 1 aliphatic rings. The molecule has 0 spiro atoms. The Kier molecular flexibility index (Phi) is 4.48. The van der Waals surface area contributed by atoms with Crippen LogP contribution in [0.3, 0.4) is 0 Å². The molecule has 4 heteroatoms. The molecule has 0 unspecified atom stereocenters. The summed E-state index contributed by atoms with van der Waals surface area (Å²) in [6.07, 6.45) is 2.89. The maximum Gasteiger partial charge on any atom is 0.336 e. The molecular formula is C16H17NO3. The zero-order chi connectivity index (χ0) is 14.5. The van der Waals surface area contributed by atoms with Crippen LogP contribution in [0.4, 0.5) is 0 Å². The van der Waals surface area contributed by atoms with Gasteiger partial charge in [-0.15, -0.1) is 0 Å². The number of hydrogen-bond donors (Lipinski definition) is 2. The van der Waals surface area contributed by atoms with Gasteiger partial charge in [0.05, 0.1) is 11.6 Å². The minimum atomic E-state index is -1.13. The summed E-state index contributed by atoms with van der Waals surface area (Å²) in [5.41, 5.74) is 0.797. The molecule has 1 heterocycles. The van der Waals surface area contributed by atoms with E-state index < -0.39 is 5.97 Å². The molecule has 1 atom stereocenters. The Morgan fingerprint density at radius 3 is 2.50 bits per heavy atom. The van der Waals surface area contributed by atoms with E-state index in [0.717, 1.165) is 19.4 Å². The van der Waals surface area contributed by atoms with Crippen LogP contribution in [0.5, 0.6) is 0 Å². The van der Waals surface area contributed by atoms with Crippen LogP contribution in [0, 0.1) is 0 Å². The quantitative estimate of drug-likeness (QED) is 0.635. The van der Waals surface area contributed by atoms with Gasteiger partial charge in [-0.3, -0.25) is 4.79 Å². The van der Waals surface area contributed by atoms with Gasteiger partial charge in [0.1, 0.15) is 0 Å². The molecule has 0 saturated carbocycles. The number of carboxylic acids is 1. The summed E-state index contributed by atoms with van der Waals surface area (Å²) in [7, 11) is 0. The third-order valence-electron chi connectivity index (χ3n) is 3.39. The summed E-state index contributed by atoms with van der Waals surface area (Å²) in [6, 6.07) is 8.58. The second-order valence-electron chi connectivity index (χ2n) is 4.68. The lowest BCUT2D eigenvalue weighted by atomic mass is 9.91. The zero-order valence-corrected chi connectivity index (χ0v) is 11.1. The predicted molar refractivity (Wildman–Crippen MR) is 77.2 cm³/mol. The van der Waals surface area contributed by atoms with Gasteiger partial charge in [-0.25, -0.2) is 4.79 Å². The summed E-state index contributed by atoms with van der Waals surface area (Å²) in [4.78, 5) is 24.0. The van der Waals surface area contributed by atoms with E-state index in [9.17, 15) is 14.7 Å². The summed E-state index contributed by atoms with van der Waals surface area (Å²) in [5.74, 6) is -1.31. The molecule has 1 fully saturated rings. The Balaban J connectivity index is 2.52. The molecule has 1 aromatic carbocycles. The highest BCUT2D eigenvalue weighted by Gasteiger charge is 2.28. The maximum atomic E-state index is 12.6. The van der Waals surface area contributed by atoms with Crippen molar-refractivity contribution in [3.8, 4) is 0 Å². The second kappa shape index (κ2) is 6.30. The van der Waals surface area contributed by atoms with Gasteiger partial charge in [0, 0.05) is 5.57 Å². The molecule has 20 heavy (non-hydrogen) atoms. The van der Waals surface area contributed by atoms with E-state index in [1.807, 2.05) is 6.07 Å². The standard InChI is InChI=1S/C16H17NO3/c1-2-12(16(19)20)14(11-7-4-3-5-8-11)15(18)13-9-6-10-17-13/h2-5,7-8,13,17H,1,6,9-10H2,(H,19,20)/t13-/m0/s1. The average Bonchev–Trinajstić information content (AvgIpc) is 2.98. The van der Waals surface area contributed by atoms with Crippen molar-refractivity contribution >= 4 is 17.3 Å². The first-order valence-electron chi connectivity index (χ1n) is 6.58. The lowest BCUT2D eigenvalue weighted by molar-refractivity contribution is -0.132. The van der Waals surface area contributed by atoms with Crippen LogP contribution in [-0.2, 0) is 9.59 Å². The highest BCUT2D eigenvalue weighted by Crippen LogP contribution is 2.24. The van der Waals surface area contributed by atoms with E-state index in [2.05, 4.69) is 11.9 Å². The van der Waals surface area contributed by atoms with Crippen molar-refractivity contribution in [3.05, 3.63) is 54.1 Å². The normalized spacial score (nSPS) is 19.3. The van der Waals surface area contributed by atoms with Gasteiger partial charge in [-0.1, -0.05) is 43.0 Å². The number of carbonyl (C=O) groups excluding carboxylic acids is 1. The van der Waals surface area contributed by atoms with Crippen molar-refractivity contribution in [2.24, 2.45) is 0 Å². The monoisotopic (exact) mass is 271 g/mol. The number of Topliss-reactive ketones (excluding diaryl/α,β-unsaturated/α-hetero) is 1. The summed E-state index contributed by atoms with van der Waals surface area (Å²) >= 11 is 0. The minimum Gasteiger partial charge on any atom is -0.478 e. The average molecular weight is 271 g/mol. The van der Waals surface area contributed by atoms with E-state index in [-0.39, 0.29) is 23.0 Å². The van der Waals surface area contributed by atoms with Gasteiger partial charge >= 0.3 is 5.97 Å². The lowest BCUT2D eigenvalue weighted by Crippen LogP contribution is -2.32. The van der Waals surface area contributed by atoms with Crippen molar-refractivity contribution in [2.75, 3.05) is 6.54 Å². The molecule has 2 rings (SSSR count). The van der Waals surface area contributed by atoms with Crippen molar-refractivity contribution in [1.82, 2.24) is 5.32 Å². The number of aliphatic carboxylic acids is 1. The molecule has 0 aliphatic carbocycles. The van der Waals surface area contributed by atoms with Crippen molar-refractivity contribution in [2.45, 2.75) is 18.9 Å². The number of carbonyl (C=O) groups is 2. The molecule has 2 N–H and O–H groups in total. The molecule has 0 bridgehead atoms. The van der Waals surface area contributed by atoms with E-state index in [1.165, 1.54) is 6.08 Å². The highest BCUT2D eigenvalue weighted by atomic mass is 16.4. The van der Waals surface area contributed by atoms with Crippen LogP contribution < -0.4 is 5.32 Å². The zero-order valence-electron chi connectivity index (χ0n) is 11.1. The third-order valence-corrected chi connectivity index (χ3v) is 3.39. The molecule has 1 aromatic rings. The van der Waals surface area contributed by atoms with Crippen LogP contribution >= 0.6 is 0 Å². The molecule has 4 nitrogen and oxygen atoms in total.